The van der Waals surface area contributed by atoms with Gasteiger partial charge in [-0.2, -0.15) is 0 Å². The van der Waals surface area contributed by atoms with Gasteiger partial charge in [0.05, 0.1) is 46.6 Å². The monoisotopic (exact) mass is 545 g/mol. The summed E-state index contributed by atoms with van der Waals surface area (Å²) in [6.07, 6.45) is 1.45. The Kier molecular flexibility index (Phi) is 11.1. The fraction of sp³-hybridized carbons (Fsp3) is 0.394. The van der Waals surface area contributed by atoms with Gasteiger partial charge >= 0.3 is 0 Å². The third kappa shape index (κ3) is 8.97. The second-order valence-electron chi connectivity index (χ2n) is 11.2. The third-order valence-electron chi connectivity index (χ3n) is 7.30. The van der Waals surface area contributed by atoms with Gasteiger partial charge in [0.2, 0.25) is 0 Å². The van der Waals surface area contributed by atoms with Crippen LogP contribution in [0.2, 0.25) is 19.1 Å². The molecule has 5 nitrogen and oxygen atoms in total. The van der Waals surface area contributed by atoms with Crippen molar-refractivity contribution in [2.24, 2.45) is 0 Å². The maximum absolute atomic E-state index is 11.8. The highest BCUT2D eigenvalue weighted by Gasteiger charge is 2.45. The van der Waals surface area contributed by atoms with Gasteiger partial charge in [0.25, 0.3) is 0 Å². The van der Waals surface area contributed by atoms with Crippen LogP contribution in [0.1, 0.15) is 16.7 Å². The van der Waals surface area contributed by atoms with Crippen molar-refractivity contribution in [2.75, 3.05) is 19.3 Å². The summed E-state index contributed by atoms with van der Waals surface area (Å²) in [5.41, 5.74) is 3.30. The van der Waals surface area contributed by atoms with Crippen LogP contribution in [0.5, 0.6) is 0 Å². The number of benzene rings is 3. The summed E-state index contributed by atoms with van der Waals surface area (Å²) in [5.74, 6) is 0. The van der Waals surface area contributed by atoms with Gasteiger partial charge in [-0.25, -0.2) is 0 Å². The zero-order valence-electron chi connectivity index (χ0n) is 23.3. The summed E-state index contributed by atoms with van der Waals surface area (Å²) >= 11 is 0. The van der Waals surface area contributed by atoms with Crippen LogP contribution in [0, 0.1) is 0 Å². The van der Waals surface area contributed by atoms with Crippen LogP contribution < -0.4 is 0 Å². The van der Waals surface area contributed by atoms with Crippen LogP contribution in [-0.4, -0.2) is 61.8 Å². The maximum atomic E-state index is 11.8. The Morgan fingerprint density at radius 3 is 1.87 bits per heavy atom. The zero-order valence-corrected chi connectivity index (χ0v) is 24.3. The largest absolute Gasteiger partial charge is 0.389 e. The molecule has 39 heavy (non-hydrogen) atoms. The zero-order chi connectivity index (χ0) is 27.5. The molecule has 0 aromatic heterocycles. The minimum absolute atomic E-state index is 0.192. The number of nitrogens with zero attached hydrogens (tertiary/aromatic N) is 1. The molecule has 0 bridgehead atoms. The van der Waals surface area contributed by atoms with Crippen molar-refractivity contribution in [2.45, 2.75) is 63.3 Å². The Morgan fingerprint density at radius 2 is 1.33 bits per heavy atom. The third-order valence-corrected chi connectivity index (χ3v) is 9.96. The summed E-state index contributed by atoms with van der Waals surface area (Å²) in [6, 6.07) is 31.3. The minimum Gasteiger partial charge on any atom is -0.389 e. The van der Waals surface area contributed by atoms with Crippen LogP contribution in [-0.2, 0) is 34.0 Å². The van der Waals surface area contributed by atoms with E-state index in [0.29, 0.717) is 33.0 Å². The molecule has 0 spiro atoms. The predicted molar refractivity (Wildman–Crippen MR) is 160 cm³/mol. The highest BCUT2D eigenvalue weighted by Crippen LogP contribution is 2.28. The minimum atomic E-state index is -1.63. The molecule has 1 unspecified atom stereocenters. The van der Waals surface area contributed by atoms with Gasteiger partial charge in [0.1, 0.15) is 12.2 Å². The first-order valence-corrected chi connectivity index (χ1v) is 17.3. The highest BCUT2D eigenvalue weighted by molar-refractivity contribution is 6.78. The topological polar surface area (TPSA) is 51.2 Å². The van der Waals surface area contributed by atoms with E-state index in [2.05, 4.69) is 48.8 Å². The van der Waals surface area contributed by atoms with Gasteiger partial charge in [0, 0.05) is 6.54 Å². The summed E-state index contributed by atoms with van der Waals surface area (Å²) in [5, 5.41) is 11.8. The molecule has 3 aromatic carbocycles. The summed E-state index contributed by atoms with van der Waals surface area (Å²) in [6.45, 7) is 11.2. The van der Waals surface area contributed by atoms with E-state index >= 15 is 0 Å². The molecule has 0 amide bonds. The first-order chi connectivity index (χ1) is 18.9. The first kappa shape index (κ1) is 29.4. The van der Waals surface area contributed by atoms with E-state index < -0.39 is 20.3 Å². The molecule has 1 aliphatic rings. The highest BCUT2D eigenvalue weighted by atomic mass is 28.3. The van der Waals surface area contributed by atoms with Crippen molar-refractivity contribution in [3.8, 4) is 0 Å². The molecule has 6 heteroatoms. The molecule has 1 saturated heterocycles. The van der Waals surface area contributed by atoms with E-state index in [1.807, 2.05) is 72.8 Å². The summed E-state index contributed by atoms with van der Waals surface area (Å²) in [7, 11) is -1.63. The number of aliphatic hydroxyl groups excluding tert-OH is 1. The second kappa shape index (κ2) is 14.7. The number of allylic oxidation sites excluding steroid dienone is 1. The van der Waals surface area contributed by atoms with Gasteiger partial charge < -0.3 is 19.3 Å². The molecule has 1 aliphatic heterocycles. The maximum Gasteiger partial charge on any atom is 0.113 e. The van der Waals surface area contributed by atoms with Gasteiger partial charge in [-0.1, -0.05) is 110 Å². The molecule has 208 valence electrons. The van der Waals surface area contributed by atoms with Crippen LogP contribution in [0.4, 0.5) is 0 Å². The van der Waals surface area contributed by atoms with E-state index in [-0.39, 0.29) is 12.1 Å². The van der Waals surface area contributed by atoms with E-state index in [1.165, 1.54) is 0 Å². The fourth-order valence-corrected chi connectivity index (χ4v) is 7.66. The van der Waals surface area contributed by atoms with Crippen molar-refractivity contribution in [3.05, 3.63) is 120 Å². The Hall–Kier alpha value is -2.58. The van der Waals surface area contributed by atoms with E-state index in [1.54, 1.807) is 0 Å². The van der Waals surface area contributed by atoms with E-state index in [0.717, 1.165) is 28.9 Å². The molecule has 4 atom stereocenters. The van der Waals surface area contributed by atoms with Crippen LogP contribution in [0.25, 0.3) is 0 Å². The predicted octanol–water partition coefficient (Wildman–Crippen LogP) is 5.85. The molecule has 3 aromatic rings. The van der Waals surface area contributed by atoms with Crippen molar-refractivity contribution in [1.29, 1.82) is 0 Å². The molecule has 0 radical (unpaired) electrons. The van der Waals surface area contributed by atoms with Crippen molar-refractivity contribution < 1.29 is 19.3 Å². The van der Waals surface area contributed by atoms with Gasteiger partial charge in [-0.05, 0) is 28.9 Å². The van der Waals surface area contributed by atoms with Crippen LogP contribution in [0.3, 0.4) is 0 Å². The average Bonchev–Trinajstić information content (AvgIpc) is 2.94. The molecule has 4 rings (SSSR count). The lowest BCUT2D eigenvalue weighted by molar-refractivity contribution is -0.190. The lowest BCUT2D eigenvalue weighted by Gasteiger charge is -2.48. The van der Waals surface area contributed by atoms with Crippen molar-refractivity contribution in [1.82, 2.24) is 4.90 Å². The lowest BCUT2D eigenvalue weighted by Crippen LogP contribution is -2.66. The molecule has 0 saturated carbocycles. The van der Waals surface area contributed by atoms with Gasteiger partial charge in [-0.15, -0.1) is 6.58 Å². The summed E-state index contributed by atoms with van der Waals surface area (Å²) < 4.78 is 19.1. The van der Waals surface area contributed by atoms with Crippen LogP contribution in [0.15, 0.2) is 104 Å². The molecule has 1 fully saturated rings. The van der Waals surface area contributed by atoms with E-state index in [9.17, 15) is 5.11 Å². The standard InChI is InChI=1S/C33H43NO4Si/c1-4-20-39(2,3)26-34-21-31(37-23-28-16-10-6-11-17-28)33(38-24-29-18-12-7-13-19-29)32(35)30(34)25-36-22-27-14-8-5-9-15-27/h4-19,30-33,35H,1,20-26H2,2-3H3/t30?,31-,32+,33+/m0/s1. The molecular weight excluding hydrogens is 502 g/mol. The molecule has 1 heterocycles. The number of aliphatic hydroxyl groups is 1. The molecule has 0 aliphatic carbocycles. The Labute approximate surface area is 235 Å². The Bertz CT molecular complexity index is 1110. The van der Waals surface area contributed by atoms with Crippen LogP contribution >= 0.6 is 0 Å². The smallest absolute Gasteiger partial charge is 0.113 e. The van der Waals surface area contributed by atoms with Gasteiger partial charge in [0.15, 0.2) is 0 Å². The average molecular weight is 546 g/mol. The molecule has 1 N–H and O–H groups in total. The fourth-order valence-electron chi connectivity index (χ4n) is 5.29. The summed E-state index contributed by atoms with van der Waals surface area (Å²) in [4.78, 5) is 2.39. The van der Waals surface area contributed by atoms with Crippen molar-refractivity contribution in [3.63, 3.8) is 0 Å². The first-order valence-electron chi connectivity index (χ1n) is 13.9. The van der Waals surface area contributed by atoms with Gasteiger partial charge in [-0.3, -0.25) is 4.90 Å². The Balaban J connectivity index is 1.53. The Morgan fingerprint density at radius 1 is 0.821 bits per heavy atom. The number of hydrogen-bond donors (Lipinski definition) is 1. The number of rotatable bonds is 14. The number of ether oxygens (including phenoxy) is 3. The quantitative estimate of drug-likeness (QED) is 0.203. The lowest BCUT2D eigenvalue weighted by atomic mass is 9.94. The second-order valence-corrected chi connectivity index (χ2v) is 16.3. The van der Waals surface area contributed by atoms with Crippen molar-refractivity contribution >= 4 is 8.07 Å². The molecular formula is C33H43NO4Si. The SMILES string of the molecule is C=CC[Si](C)(C)CN1C[C@H](OCc2ccccc2)[C@@H](OCc2ccccc2)[C@H](O)C1COCc1ccccc1. The van der Waals surface area contributed by atoms with E-state index in [4.69, 9.17) is 14.2 Å². The number of piperidine rings is 1. The number of likely N-dealkylation sites (tertiary alicyclic amines) is 1. The normalized spacial score (nSPS) is 22.0. The number of hydrogen-bond acceptors (Lipinski definition) is 5.